The zero-order chi connectivity index (χ0) is 57.0. The van der Waals surface area contributed by atoms with Crippen molar-refractivity contribution in [1.82, 2.24) is 20.0 Å². The number of ether oxygens (including phenoxy) is 4. The summed E-state index contributed by atoms with van der Waals surface area (Å²) in [5, 5.41) is 3.34. The van der Waals surface area contributed by atoms with Gasteiger partial charge in [-0.15, -0.1) is 0 Å². The van der Waals surface area contributed by atoms with Gasteiger partial charge in [0.1, 0.15) is 0 Å². The van der Waals surface area contributed by atoms with Crippen LogP contribution in [0.25, 0.3) is 0 Å². The summed E-state index contributed by atoms with van der Waals surface area (Å²) >= 11 is 0. The number of anilines is 2. The summed E-state index contributed by atoms with van der Waals surface area (Å²) in [5.41, 5.74) is 5.92. The van der Waals surface area contributed by atoms with Gasteiger partial charge in [0.2, 0.25) is 0 Å². The Morgan fingerprint density at radius 3 is 1.57 bits per heavy atom. The van der Waals surface area contributed by atoms with Crippen molar-refractivity contribution in [2.24, 2.45) is 10.8 Å². The van der Waals surface area contributed by atoms with Crippen LogP contribution in [0.5, 0.6) is 0 Å². The molecule has 0 atom stereocenters. The maximum absolute atomic E-state index is 12.9. The number of aryl methyl sites for hydroxylation is 2. The summed E-state index contributed by atoms with van der Waals surface area (Å²) in [6.45, 7) is 21.1. The molecular weight excluding hydrogens is 1050 g/mol. The highest BCUT2D eigenvalue weighted by molar-refractivity contribution is 5.85. The van der Waals surface area contributed by atoms with Gasteiger partial charge < -0.3 is 43.9 Å². The molecule has 6 fully saturated rings. The third kappa shape index (κ3) is 16.4. The van der Waals surface area contributed by atoms with Crippen molar-refractivity contribution < 1.29 is 86.0 Å². The monoisotopic (exact) mass is 1120 g/mol. The highest BCUT2D eigenvalue weighted by Gasteiger charge is 2.62. The van der Waals surface area contributed by atoms with Gasteiger partial charge in [0.15, 0.2) is 6.29 Å². The average Bonchev–Trinajstić information content (AvgIpc) is 3.79. The highest BCUT2D eigenvalue weighted by Crippen LogP contribution is 2.48. The molecule has 0 saturated carbocycles. The zero-order valence-electron chi connectivity index (χ0n) is 44.2. The van der Waals surface area contributed by atoms with Crippen LogP contribution in [0.4, 0.5) is 73.6 Å². The molecule has 0 unspecified atom stereocenters. The number of hydrogen-bond acceptors (Lipinski definition) is 11. The van der Waals surface area contributed by atoms with Gasteiger partial charge in [-0.1, -0.05) is 26.0 Å². The molecule has 13 nitrogen and oxygen atoms in total. The molecule has 6 aliphatic heterocycles. The molecule has 77 heavy (non-hydrogen) atoms. The van der Waals surface area contributed by atoms with E-state index < -0.39 is 49.1 Å². The van der Waals surface area contributed by atoms with E-state index in [-0.39, 0.29) is 48.1 Å². The summed E-state index contributed by atoms with van der Waals surface area (Å²) in [5.74, 6) is 0. The second-order valence-electron chi connectivity index (χ2n) is 22.6. The second-order valence-corrected chi connectivity index (χ2v) is 22.6. The number of rotatable bonds is 7. The number of likely N-dealkylation sites (tertiary alicyclic amines) is 3. The van der Waals surface area contributed by atoms with Crippen LogP contribution in [0.15, 0.2) is 36.4 Å². The Labute approximate surface area is 440 Å². The Kier molecular flexibility index (Phi) is 19.1. The molecule has 6 aliphatic rings. The van der Waals surface area contributed by atoms with E-state index in [4.69, 9.17) is 9.47 Å². The van der Waals surface area contributed by atoms with Gasteiger partial charge >= 0.3 is 36.9 Å². The summed E-state index contributed by atoms with van der Waals surface area (Å²) in [6, 6.07) is 12.4. The number of benzene rings is 2. The molecule has 0 radical (unpaired) electrons. The lowest BCUT2D eigenvalue weighted by molar-refractivity contribution is -0.309. The van der Waals surface area contributed by atoms with Crippen LogP contribution in [-0.4, -0.2) is 173 Å². The first-order chi connectivity index (χ1) is 35.6. The SMILES string of the molecule is CC1(C)CC2(CCN(C(=O)OC(C(F)(F)F)C(F)(F)F)CC2)CN1.Cc1cc(CN2CC(C)(C)CC23CCN(C(=O)OC(C(F)(F)F)C(F)(F)F)CC3)cc(N2CCOCC2)c1.Cc1ccc(C=O)c(N2CCOCC2)c1. The lowest BCUT2D eigenvalue weighted by Gasteiger charge is -2.45. The van der Waals surface area contributed by atoms with E-state index in [2.05, 4.69) is 74.5 Å². The number of carbonyl (C=O) groups excluding carboxylic acids is 3. The number of nitrogens with zero attached hydrogens (tertiary/aromatic N) is 5. The molecule has 434 valence electrons. The van der Waals surface area contributed by atoms with Gasteiger partial charge in [-0.05, 0) is 118 Å². The summed E-state index contributed by atoms with van der Waals surface area (Å²) in [7, 11) is 0. The molecule has 0 bridgehead atoms. The van der Waals surface area contributed by atoms with Crippen molar-refractivity contribution in [3.63, 3.8) is 0 Å². The first-order valence-corrected chi connectivity index (χ1v) is 25.6. The molecule has 6 heterocycles. The number of piperidine rings is 2. The van der Waals surface area contributed by atoms with E-state index >= 15 is 0 Å². The number of aldehydes is 1. The fourth-order valence-electron chi connectivity index (χ4n) is 11.5. The predicted molar refractivity (Wildman–Crippen MR) is 261 cm³/mol. The molecule has 2 aromatic carbocycles. The van der Waals surface area contributed by atoms with E-state index in [9.17, 15) is 67.1 Å². The van der Waals surface area contributed by atoms with Gasteiger partial charge in [-0.2, -0.15) is 52.7 Å². The van der Waals surface area contributed by atoms with Crippen LogP contribution in [-0.2, 0) is 25.5 Å². The number of alkyl halides is 12. The van der Waals surface area contributed by atoms with Crippen LogP contribution in [0.2, 0.25) is 0 Å². The van der Waals surface area contributed by atoms with E-state index in [0.717, 1.165) is 109 Å². The van der Waals surface area contributed by atoms with Crippen molar-refractivity contribution in [2.45, 2.75) is 135 Å². The number of morpholine rings is 2. The normalized spacial score (nSPS) is 21.7. The average molecular weight is 1120 g/mol. The van der Waals surface area contributed by atoms with Gasteiger partial charge in [0.25, 0.3) is 12.2 Å². The Morgan fingerprint density at radius 1 is 0.636 bits per heavy atom. The molecule has 2 spiro atoms. The second kappa shape index (κ2) is 23.9. The van der Waals surface area contributed by atoms with Crippen LogP contribution in [0, 0.1) is 24.7 Å². The Hall–Kier alpha value is -4.75. The molecule has 2 amide bonds. The molecule has 1 N–H and O–H groups in total. The molecule has 8 rings (SSSR count). The van der Waals surface area contributed by atoms with Gasteiger partial charge in [0, 0.05) is 100 Å². The molecule has 0 aromatic heterocycles. The lowest BCUT2D eigenvalue weighted by atomic mass is 9.74. The van der Waals surface area contributed by atoms with Crippen LogP contribution >= 0.6 is 0 Å². The molecule has 0 aliphatic carbocycles. The Balaban J connectivity index is 0.000000209. The fourth-order valence-corrected chi connectivity index (χ4v) is 11.5. The summed E-state index contributed by atoms with van der Waals surface area (Å²) < 4.78 is 170. The first kappa shape index (κ1) is 61.5. The van der Waals surface area contributed by atoms with E-state index in [1.165, 1.54) is 5.56 Å². The van der Waals surface area contributed by atoms with Crippen LogP contribution in [0.3, 0.4) is 0 Å². The zero-order valence-corrected chi connectivity index (χ0v) is 44.2. The fraction of sp³-hybridized carbons (Fsp3) is 0.712. The van der Waals surface area contributed by atoms with Crippen molar-refractivity contribution in [3.8, 4) is 0 Å². The van der Waals surface area contributed by atoms with Crippen molar-refractivity contribution >= 4 is 29.8 Å². The third-order valence-corrected chi connectivity index (χ3v) is 15.1. The predicted octanol–water partition coefficient (Wildman–Crippen LogP) is 10.6. The van der Waals surface area contributed by atoms with Crippen molar-refractivity contribution in [3.05, 3.63) is 58.7 Å². The highest BCUT2D eigenvalue weighted by atomic mass is 19.4. The van der Waals surface area contributed by atoms with Crippen LogP contribution < -0.4 is 15.1 Å². The lowest BCUT2D eigenvalue weighted by Crippen LogP contribution is -2.54. The number of carbonyl (C=O) groups is 3. The number of nitrogens with one attached hydrogen (secondary N) is 1. The minimum atomic E-state index is -5.73. The van der Waals surface area contributed by atoms with Gasteiger partial charge in [-0.25, -0.2) is 9.59 Å². The smallest absolute Gasteiger partial charge is 0.426 e. The van der Waals surface area contributed by atoms with Crippen molar-refractivity contribution in [2.75, 3.05) is 102 Å². The topological polar surface area (TPSA) is 116 Å². The number of amides is 2. The number of halogens is 12. The van der Waals surface area contributed by atoms with E-state index in [1.54, 1.807) is 0 Å². The van der Waals surface area contributed by atoms with Crippen molar-refractivity contribution in [1.29, 1.82) is 0 Å². The minimum Gasteiger partial charge on any atom is -0.426 e. The van der Waals surface area contributed by atoms with E-state index in [1.807, 2.05) is 32.9 Å². The maximum Gasteiger partial charge on any atom is 0.434 e. The standard InChI is InChI=1S/C26H35F6N3O3.C14H20F6N2O2.C12H15NO2/c1-18-12-19(14-20(13-18)33-8-10-37-11-9-33)15-35-17-23(2,3)16-24(35)4-6-34(7-5-24)22(36)38-21(25(27,28)29)26(30,31)32;1-11(2)7-12(8-21-11)3-5-22(6-4-12)10(23)24-9(13(15,16)17)14(18,19)20;1-10-2-3-11(9-14)12(8-10)13-4-6-15-7-5-13/h12-14,21H,4-11,15-17H2,1-3H3;9,21H,3-8H2,1-2H3;2-3,8-9H,4-7H2,1H3. The third-order valence-electron chi connectivity index (χ3n) is 15.1. The summed E-state index contributed by atoms with van der Waals surface area (Å²) in [4.78, 5) is 43.7. The van der Waals surface area contributed by atoms with Crippen LogP contribution in [0.1, 0.15) is 93.3 Å². The Bertz CT molecular complexity index is 2290. The number of hydrogen-bond donors (Lipinski definition) is 1. The quantitative estimate of drug-likeness (QED) is 0.211. The minimum absolute atomic E-state index is 0.0285. The van der Waals surface area contributed by atoms with Gasteiger partial charge in [0.05, 0.1) is 26.4 Å². The molecule has 25 heteroatoms. The largest absolute Gasteiger partial charge is 0.434 e. The molecular formula is C52H70F12N6O7. The van der Waals surface area contributed by atoms with Gasteiger partial charge in [-0.3, -0.25) is 9.69 Å². The molecule has 2 aromatic rings. The van der Waals surface area contributed by atoms with E-state index in [0.29, 0.717) is 45.4 Å². The first-order valence-electron chi connectivity index (χ1n) is 25.6. The summed E-state index contributed by atoms with van der Waals surface area (Å²) in [6.07, 6.45) is -29.7. The Morgan fingerprint density at radius 2 is 1.12 bits per heavy atom. The maximum atomic E-state index is 12.9. The molecule has 6 saturated heterocycles.